The molecule has 2 fully saturated rings. The first-order chi connectivity index (χ1) is 13.6. The van der Waals surface area contributed by atoms with Crippen molar-refractivity contribution in [2.45, 2.75) is 69.4 Å². The number of amides is 1. The number of carbonyl (C=O) groups is 1. The average molecular weight is 380 g/mol. The highest BCUT2D eigenvalue weighted by atomic mass is 16.2. The Labute approximate surface area is 168 Å². The van der Waals surface area contributed by atoms with Crippen LogP contribution in [0.3, 0.4) is 0 Å². The summed E-state index contributed by atoms with van der Waals surface area (Å²) in [6, 6.07) is 7.64. The fourth-order valence-electron chi connectivity index (χ4n) is 6.15. The summed E-state index contributed by atoms with van der Waals surface area (Å²) in [5.74, 6) is 0.862. The van der Waals surface area contributed by atoms with Gasteiger partial charge in [0.25, 0.3) is 0 Å². The van der Waals surface area contributed by atoms with Crippen LogP contribution in [0.25, 0.3) is 10.9 Å². The van der Waals surface area contributed by atoms with E-state index in [0.717, 1.165) is 32.2 Å². The number of aryl methyl sites for hydroxylation is 1. The van der Waals surface area contributed by atoms with Crippen molar-refractivity contribution in [1.29, 1.82) is 0 Å². The van der Waals surface area contributed by atoms with Crippen molar-refractivity contribution < 1.29 is 4.79 Å². The van der Waals surface area contributed by atoms with Crippen LogP contribution in [0.5, 0.6) is 0 Å². The maximum absolute atomic E-state index is 13.1. The van der Waals surface area contributed by atoms with Gasteiger partial charge in [0.05, 0.1) is 5.92 Å². The van der Waals surface area contributed by atoms with Crippen molar-refractivity contribution in [3.8, 4) is 0 Å². The van der Waals surface area contributed by atoms with E-state index in [1.54, 1.807) is 0 Å². The molecular weight excluding hydrogens is 346 g/mol. The summed E-state index contributed by atoms with van der Waals surface area (Å²) >= 11 is 0. The SMILES string of the molecule is CN1C[C@H](C(=O)NC2CCCCCC2)CC2c3cccc4c3c(cn4C)C[C@H]21. The summed E-state index contributed by atoms with van der Waals surface area (Å²) in [6.45, 7) is 0.887. The van der Waals surface area contributed by atoms with E-state index in [0.29, 0.717) is 23.9 Å². The molecule has 28 heavy (non-hydrogen) atoms. The number of fused-ring (bicyclic) bond motifs is 2. The summed E-state index contributed by atoms with van der Waals surface area (Å²) in [5.41, 5.74) is 4.27. The number of nitrogens with zero attached hydrogens (tertiary/aromatic N) is 2. The van der Waals surface area contributed by atoms with Crippen LogP contribution in [0.2, 0.25) is 0 Å². The van der Waals surface area contributed by atoms with Gasteiger partial charge in [0.2, 0.25) is 5.91 Å². The molecule has 0 spiro atoms. The number of carbonyl (C=O) groups excluding carboxylic acids is 1. The molecule has 1 saturated carbocycles. The number of hydrogen-bond acceptors (Lipinski definition) is 2. The van der Waals surface area contributed by atoms with Crippen molar-refractivity contribution in [3.63, 3.8) is 0 Å². The van der Waals surface area contributed by atoms with Crippen LogP contribution in [-0.2, 0) is 18.3 Å². The highest BCUT2D eigenvalue weighted by molar-refractivity contribution is 5.89. The number of nitrogens with one attached hydrogen (secondary N) is 1. The lowest BCUT2D eigenvalue weighted by molar-refractivity contribution is -0.128. The lowest BCUT2D eigenvalue weighted by atomic mass is 9.72. The van der Waals surface area contributed by atoms with Crippen LogP contribution < -0.4 is 5.32 Å². The van der Waals surface area contributed by atoms with Gasteiger partial charge in [-0.2, -0.15) is 0 Å². The predicted octanol–water partition coefficient (Wildman–Crippen LogP) is 3.98. The first-order valence-electron chi connectivity index (χ1n) is 11.2. The van der Waals surface area contributed by atoms with Gasteiger partial charge in [-0.15, -0.1) is 0 Å². The van der Waals surface area contributed by atoms with Crippen LogP contribution in [0.15, 0.2) is 24.4 Å². The van der Waals surface area contributed by atoms with E-state index in [-0.39, 0.29) is 5.92 Å². The quantitative estimate of drug-likeness (QED) is 0.802. The zero-order chi connectivity index (χ0) is 19.3. The maximum Gasteiger partial charge on any atom is 0.224 e. The smallest absolute Gasteiger partial charge is 0.224 e. The zero-order valence-corrected chi connectivity index (χ0v) is 17.3. The summed E-state index contributed by atoms with van der Waals surface area (Å²) in [6.07, 6.45) is 11.9. The van der Waals surface area contributed by atoms with Gasteiger partial charge in [-0.05, 0) is 49.9 Å². The van der Waals surface area contributed by atoms with E-state index in [9.17, 15) is 4.79 Å². The van der Waals surface area contributed by atoms with Gasteiger partial charge < -0.3 is 14.8 Å². The normalized spacial score (nSPS) is 28.7. The Balaban J connectivity index is 1.39. The molecule has 1 saturated heterocycles. The number of likely N-dealkylation sites (N-methyl/N-ethyl adjacent to an activating group) is 1. The molecular formula is C24H33N3O. The molecule has 2 aromatic rings. The molecule has 5 rings (SSSR count). The Kier molecular flexibility index (Phi) is 4.70. The molecule has 2 heterocycles. The molecule has 2 aliphatic carbocycles. The van der Waals surface area contributed by atoms with E-state index in [1.807, 2.05) is 0 Å². The standard InChI is InChI=1S/C24H33N3O/c1-26-14-16-13-22-20(19-10-7-11-21(26)23(16)19)12-17(15-27(22)2)24(28)25-18-8-5-3-4-6-9-18/h7,10-11,14,17-18,20,22H,3-6,8-9,12-13,15H2,1-2H3,(H,25,28)/t17-,20?,22-/m1/s1. The van der Waals surface area contributed by atoms with Crippen LogP contribution in [0.4, 0.5) is 0 Å². The summed E-state index contributed by atoms with van der Waals surface area (Å²) in [5, 5.41) is 4.87. The van der Waals surface area contributed by atoms with Crippen molar-refractivity contribution in [3.05, 3.63) is 35.5 Å². The van der Waals surface area contributed by atoms with Gasteiger partial charge in [-0.3, -0.25) is 4.79 Å². The van der Waals surface area contributed by atoms with Crippen LogP contribution >= 0.6 is 0 Å². The topological polar surface area (TPSA) is 37.3 Å². The average Bonchev–Trinajstić information content (AvgIpc) is 2.85. The van der Waals surface area contributed by atoms with Crippen molar-refractivity contribution in [1.82, 2.24) is 14.8 Å². The molecule has 1 amide bonds. The first kappa shape index (κ1) is 18.2. The molecule has 0 radical (unpaired) electrons. The van der Waals surface area contributed by atoms with E-state index < -0.39 is 0 Å². The van der Waals surface area contributed by atoms with Crippen LogP contribution in [0, 0.1) is 5.92 Å². The van der Waals surface area contributed by atoms with Gasteiger partial charge in [-0.25, -0.2) is 0 Å². The molecule has 150 valence electrons. The molecule has 1 aromatic carbocycles. The minimum Gasteiger partial charge on any atom is -0.353 e. The number of aromatic nitrogens is 1. The lowest BCUT2D eigenvalue weighted by Gasteiger charge is -2.45. The van der Waals surface area contributed by atoms with Gasteiger partial charge in [0, 0.05) is 48.7 Å². The third-order valence-corrected chi connectivity index (χ3v) is 7.60. The highest BCUT2D eigenvalue weighted by Gasteiger charge is 2.41. The van der Waals surface area contributed by atoms with Crippen molar-refractivity contribution in [2.75, 3.05) is 13.6 Å². The van der Waals surface area contributed by atoms with Gasteiger partial charge in [0.15, 0.2) is 0 Å². The molecule has 4 heteroatoms. The van der Waals surface area contributed by atoms with Crippen molar-refractivity contribution >= 4 is 16.8 Å². The second kappa shape index (κ2) is 7.22. The minimum atomic E-state index is 0.107. The molecule has 1 aliphatic heterocycles. The summed E-state index contributed by atoms with van der Waals surface area (Å²) in [7, 11) is 4.37. The molecule has 1 unspecified atom stereocenters. The molecule has 4 nitrogen and oxygen atoms in total. The third kappa shape index (κ3) is 3.06. The predicted molar refractivity (Wildman–Crippen MR) is 114 cm³/mol. The Bertz CT molecular complexity index is 877. The summed E-state index contributed by atoms with van der Waals surface area (Å²) < 4.78 is 2.27. The maximum atomic E-state index is 13.1. The van der Waals surface area contributed by atoms with Gasteiger partial charge in [0.1, 0.15) is 0 Å². The Morgan fingerprint density at radius 1 is 1.11 bits per heavy atom. The molecule has 3 aliphatic rings. The molecule has 1 aromatic heterocycles. The Morgan fingerprint density at radius 2 is 1.89 bits per heavy atom. The number of rotatable bonds is 2. The Morgan fingerprint density at radius 3 is 2.68 bits per heavy atom. The lowest BCUT2D eigenvalue weighted by Crippen LogP contribution is -2.52. The van der Waals surface area contributed by atoms with Crippen molar-refractivity contribution in [2.24, 2.45) is 13.0 Å². The minimum absolute atomic E-state index is 0.107. The molecule has 0 bridgehead atoms. The zero-order valence-electron chi connectivity index (χ0n) is 17.3. The number of hydrogen-bond donors (Lipinski definition) is 1. The number of likely N-dealkylation sites (tertiary alicyclic amines) is 1. The molecule has 3 atom stereocenters. The fourth-order valence-corrected chi connectivity index (χ4v) is 6.15. The van der Waals surface area contributed by atoms with Gasteiger partial charge >= 0.3 is 0 Å². The second-order valence-corrected chi connectivity index (χ2v) is 9.45. The van der Waals surface area contributed by atoms with E-state index in [2.05, 4.69) is 53.3 Å². The first-order valence-corrected chi connectivity index (χ1v) is 11.2. The summed E-state index contributed by atoms with van der Waals surface area (Å²) in [4.78, 5) is 15.6. The monoisotopic (exact) mass is 379 g/mol. The fraction of sp³-hybridized carbons (Fsp3) is 0.625. The third-order valence-electron chi connectivity index (χ3n) is 7.60. The second-order valence-electron chi connectivity index (χ2n) is 9.45. The largest absolute Gasteiger partial charge is 0.353 e. The van der Waals surface area contributed by atoms with E-state index >= 15 is 0 Å². The number of benzene rings is 1. The van der Waals surface area contributed by atoms with E-state index in [1.165, 1.54) is 47.7 Å². The molecule has 1 N–H and O–H groups in total. The van der Waals surface area contributed by atoms with E-state index in [4.69, 9.17) is 0 Å². The number of piperidine rings is 1. The van der Waals surface area contributed by atoms with Crippen LogP contribution in [-0.4, -0.2) is 41.1 Å². The van der Waals surface area contributed by atoms with Gasteiger partial charge in [-0.1, -0.05) is 37.8 Å². The highest BCUT2D eigenvalue weighted by Crippen LogP contribution is 2.44. The van der Waals surface area contributed by atoms with Crippen LogP contribution in [0.1, 0.15) is 62.0 Å². The Hall–Kier alpha value is -1.81.